The minimum atomic E-state index is -4.36. The summed E-state index contributed by atoms with van der Waals surface area (Å²) in [5, 5.41) is 2.17. The summed E-state index contributed by atoms with van der Waals surface area (Å²) in [5.41, 5.74) is -0.132. The first-order chi connectivity index (χ1) is 14.1. The molecule has 1 aromatic heterocycles. The average molecular weight is 422 g/mol. The van der Waals surface area contributed by atoms with Crippen molar-refractivity contribution in [3.05, 3.63) is 24.3 Å². The normalized spacial score (nSPS) is 42.1. The largest absolute Gasteiger partial charge is 0.405 e. The zero-order valence-electron chi connectivity index (χ0n) is 17.6. The van der Waals surface area contributed by atoms with E-state index in [2.05, 4.69) is 47.1 Å². The number of amides is 1. The van der Waals surface area contributed by atoms with Crippen LogP contribution in [0.3, 0.4) is 0 Å². The van der Waals surface area contributed by atoms with Gasteiger partial charge in [-0.05, 0) is 67.8 Å². The van der Waals surface area contributed by atoms with Gasteiger partial charge in [0.1, 0.15) is 12.4 Å². The first-order valence-corrected chi connectivity index (χ1v) is 11.2. The molecule has 1 N–H and O–H groups in total. The van der Waals surface area contributed by atoms with Gasteiger partial charge in [-0.25, -0.2) is 4.98 Å². The minimum absolute atomic E-state index is 0.0641. The molecule has 2 heterocycles. The molecule has 7 atom stereocenters. The highest BCUT2D eigenvalue weighted by molar-refractivity contribution is 5.80. The second kappa shape index (κ2) is 6.60. The Balaban J connectivity index is 1.37. The summed E-state index contributed by atoms with van der Waals surface area (Å²) in [6, 6.07) is 0.415. The Labute approximate surface area is 175 Å². The number of halogens is 3. The molecular weight excluding hydrogens is 391 g/mol. The second-order valence-electron chi connectivity index (χ2n) is 10.4. The third kappa shape index (κ3) is 2.87. The Bertz CT molecular complexity index is 877. The number of hydrogen-bond acceptors (Lipinski definition) is 2. The molecule has 5 rings (SSSR count). The van der Waals surface area contributed by atoms with Crippen LogP contribution in [0, 0.1) is 34.5 Å². The lowest BCUT2D eigenvalue weighted by Gasteiger charge is -2.59. The molecule has 164 valence electrons. The molecule has 0 radical (unpaired) electrons. The van der Waals surface area contributed by atoms with Crippen LogP contribution in [0.5, 0.6) is 0 Å². The van der Waals surface area contributed by atoms with Crippen LogP contribution < -0.4 is 5.32 Å². The average Bonchev–Trinajstić information content (AvgIpc) is 3.29. The zero-order chi connectivity index (χ0) is 21.3. The number of carbonyl (C=O) groups excluding carboxylic acids is 1. The van der Waals surface area contributed by atoms with Crippen LogP contribution in [0.2, 0.25) is 0 Å². The fourth-order valence-electron chi connectivity index (χ4n) is 7.76. The van der Waals surface area contributed by atoms with E-state index in [1.165, 1.54) is 0 Å². The van der Waals surface area contributed by atoms with E-state index in [0.29, 0.717) is 30.2 Å². The van der Waals surface area contributed by atoms with Gasteiger partial charge >= 0.3 is 6.18 Å². The van der Waals surface area contributed by atoms with E-state index >= 15 is 0 Å². The number of carbonyl (C=O) groups is 1. The standard InChI is InChI=1S/C23H30F3N3O/c1-21-9-7-16-14(15(21)4-5-17(21)20(30)28-13-23(24,25)26)3-6-18-22(16,2)10-8-19-27-11-12-29(18)19/h8,10-12,14-18H,3-7,9,13H2,1-2H3,(H,28,30)/t14-,15-,16-,17+,18?,21-,22+/m0/s1. The lowest BCUT2D eigenvalue weighted by Crippen LogP contribution is -2.53. The summed E-state index contributed by atoms with van der Waals surface area (Å²) in [4.78, 5) is 17.1. The first kappa shape index (κ1) is 20.1. The maximum absolute atomic E-state index is 12.7. The number of rotatable bonds is 2. The number of nitrogens with zero attached hydrogens (tertiary/aromatic N) is 2. The Kier molecular flexibility index (Phi) is 4.43. The third-order valence-electron chi connectivity index (χ3n) is 9.13. The van der Waals surface area contributed by atoms with Crippen molar-refractivity contribution in [2.24, 2.45) is 34.5 Å². The fraction of sp³-hybridized carbons (Fsp3) is 0.739. The molecular formula is C23H30F3N3O. The number of hydrogen-bond donors (Lipinski definition) is 1. The molecule has 0 spiro atoms. The molecule has 0 bridgehead atoms. The van der Waals surface area contributed by atoms with E-state index in [4.69, 9.17) is 0 Å². The topological polar surface area (TPSA) is 46.9 Å². The van der Waals surface area contributed by atoms with Gasteiger partial charge < -0.3 is 9.88 Å². The summed E-state index contributed by atoms with van der Waals surface area (Å²) in [7, 11) is 0. The van der Waals surface area contributed by atoms with Gasteiger partial charge in [0.25, 0.3) is 0 Å². The second-order valence-corrected chi connectivity index (χ2v) is 10.4. The van der Waals surface area contributed by atoms with Crippen molar-refractivity contribution in [1.29, 1.82) is 0 Å². The van der Waals surface area contributed by atoms with Gasteiger partial charge in [-0.2, -0.15) is 13.2 Å². The number of fused-ring (bicyclic) bond motifs is 7. The molecule has 4 nitrogen and oxygen atoms in total. The molecule has 3 saturated carbocycles. The Morgan fingerprint density at radius 1 is 1.20 bits per heavy atom. The number of allylic oxidation sites excluding steroid dienone is 1. The van der Waals surface area contributed by atoms with Gasteiger partial charge in [0.2, 0.25) is 5.91 Å². The number of imidazole rings is 1. The maximum Gasteiger partial charge on any atom is 0.405 e. The highest BCUT2D eigenvalue weighted by atomic mass is 19.4. The van der Waals surface area contributed by atoms with Gasteiger partial charge in [0.05, 0.1) is 0 Å². The number of alkyl halides is 3. The van der Waals surface area contributed by atoms with E-state index in [-0.39, 0.29) is 16.7 Å². The smallest absolute Gasteiger partial charge is 0.347 e. The number of nitrogens with one attached hydrogen (secondary N) is 1. The molecule has 1 amide bonds. The Hall–Kier alpha value is -1.79. The minimum Gasteiger partial charge on any atom is -0.347 e. The summed E-state index contributed by atoms with van der Waals surface area (Å²) < 4.78 is 40.1. The van der Waals surface area contributed by atoms with Crippen LogP contribution in [0.4, 0.5) is 13.2 Å². The summed E-state index contributed by atoms with van der Waals surface area (Å²) in [5.74, 6) is 1.79. The predicted molar refractivity (Wildman–Crippen MR) is 107 cm³/mol. The van der Waals surface area contributed by atoms with Gasteiger partial charge in [-0.15, -0.1) is 0 Å². The summed E-state index contributed by atoms with van der Waals surface area (Å²) in [6.07, 6.45) is 9.91. The van der Waals surface area contributed by atoms with Crippen LogP contribution in [0.25, 0.3) is 6.08 Å². The van der Waals surface area contributed by atoms with Crippen molar-refractivity contribution in [2.45, 2.75) is 64.6 Å². The SMILES string of the molecule is C[C@]12CC[C@H]3[C@@H](CCC4n5ccnc5C=C[C@@]43C)[C@@H]1CC[C@@H]2C(=O)NCC(F)(F)F. The van der Waals surface area contributed by atoms with Crippen molar-refractivity contribution < 1.29 is 18.0 Å². The van der Waals surface area contributed by atoms with Crippen molar-refractivity contribution >= 4 is 12.0 Å². The van der Waals surface area contributed by atoms with Crippen molar-refractivity contribution in [1.82, 2.24) is 14.9 Å². The van der Waals surface area contributed by atoms with Gasteiger partial charge in [-0.3, -0.25) is 4.79 Å². The van der Waals surface area contributed by atoms with E-state index in [1.54, 1.807) is 0 Å². The molecule has 0 saturated heterocycles. The van der Waals surface area contributed by atoms with E-state index in [0.717, 1.165) is 37.9 Å². The third-order valence-corrected chi connectivity index (χ3v) is 9.13. The van der Waals surface area contributed by atoms with Crippen LogP contribution >= 0.6 is 0 Å². The van der Waals surface area contributed by atoms with Crippen LogP contribution in [0.1, 0.15) is 64.2 Å². The molecule has 30 heavy (non-hydrogen) atoms. The van der Waals surface area contributed by atoms with Crippen molar-refractivity contribution in [3.63, 3.8) is 0 Å². The van der Waals surface area contributed by atoms with E-state index < -0.39 is 18.6 Å². The van der Waals surface area contributed by atoms with Gasteiger partial charge in [0, 0.05) is 29.8 Å². The van der Waals surface area contributed by atoms with Gasteiger partial charge in [-0.1, -0.05) is 19.9 Å². The fourth-order valence-corrected chi connectivity index (χ4v) is 7.76. The van der Waals surface area contributed by atoms with Crippen LogP contribution in [-0.4, -0.2) is 28.2 Å². The van der Waals surface area contributed by atoms with Crippen LogP contribution in [0.15, 0.2) is 18.5 Å². The Morgan fingerprint density at radius 2 is 2.00 bits per heavy atom. The van der Waals surface area contributed by atoms with Crippen molar-refractivity contribution in [3.8, 4) is 0 Å². The Morgan fingerprint density at radius 3 is 2.77 bits per heavy atom. The van der Waals surface area contributed by atoms with Crippen molar-refractivity contribution in [2.75, 3.05) is 6.54 Å². The maximum atomic E-state index is 12.7. The molecule has 1 aliphatic heterocycles. The highest BCUT2D eigenvalue weighted by Crippen LogP contribution is 2.67. The number of aromatic nitrogens is 2. The lowest BCUT2D eigenvalue weighted by molar-refractivity contribution is -0.145. The monoisotopic (exact) mass is 421 g/mol. The molecule has 4 aliphatic rings. The zero-order valence-corrected chi connectivity index (χ0v) is 17.6. The predicted octanol–water partition coefficient (Wildman–Crippen LogP) is 4.99. The summed E-state index contributed by atoms with van der Waals surface area (Å²) in [6.45, 7) is 3.31. The molecule has 1 aromatic rings. The summed E-state index contributed by atoms with van der Waals surface area (Å²) >= 11 is 0. The van der Waals surface area contributed by atoms with E-state index in [9.17, 15) is 18.0 Å². The molecule has 3 aliphatic carbocycles. The molecule has 0 aromatic carbocycles. The molecule has 7 heteroatoms. The molecule has 1 unspecified atom stereocenters. The van der Waals surface area contributed by atoms with Gasteiger partial charge in [0.15, 0.2) is 0 Å². The lowest BCUT2D eigenvalue weighted by atomic mass is 9.48. The quantitative estimate of drug-likeness (QED) is 0.731. The van der Waals surface area contributed by atoms with Crippen LogP contribution in [-0.2, 0) is 4.79 Å². The highest BCUT2D eigenvalue weighted by Gasteiger charge is 2.61. The van der Waals surface area contributed by atoms with E-state index in [1.807, 2.05) is 6.20 Å². The molecule has 3 fully saturated rings. The first-order valence-electron chi connectivity index (χ1n) is 11.2.